The Morgan fingerprint density at radius 2 is 1.72 bits per heavy atom. The van der Waals surface area contributed by atoms with Gasteiger partial charge < -0.3 is 0 Å². The Bertz CT molecular complexity index is 403. The standard InChI is InChI=1S/C14H19NO3/c1-3-10(16)7(2)15-13(17)11-8-4-5-9(6-8)12(11)14(15)18/h7-9,11-12H,3-6H2,1-2H3. The van der Waals surface area contributed by atoms with Gasteiger partial charge in [0.15, 0.2) is 5.78 Å². The van der Waals surface area contributed by atoms with Gasteiger partial charge in [0.25, 0.3) is 0 Å². The number of carbonyl (C=O) groups excluding carboxylic acids is 3. The number of imide groups is 1. The monoisotopic (exact) mass is 249 g/mol. The molecule has 0 spiro atoms. The zero-order valence-corrected chi connectivity index (χ0v) is 10.9. The summed E-state index contributed by atoms with van der Waals surface area (Å²) in [4.78, 5) is 37.8. The molecule has 1 aliphatic heterocycles. The molecule has 0 aromatic heterocycles. The first kappa shape index (κ1) is 11.9. The smallest absolute Gasteiger partial charge is 0.234 e. The maximum atomic E-state index is 12.4. The largest absolute Gasteiger partial charge is 0.297 e. The second-order valence-corrected chi connectivity index (χ2v) is 5.93. The first-order valence-corrected chi connectivity index (χ1v) is 6.95. The Labute approximate surface area is 107 Å². The van der Waals surface area contributed by atoms with E-state index in [1.54, 1.807) is 13.8 Å². The lowest BCUT2D eigenvalue weighted by atomic mass is 9.81. The molecule has 3 fully saturated rings. The molecule has 1 saturated heterocycles. The maximum Gasteiger partial charge on any atom is 0.234 e. The summed E-state index contributed by atoms with van der Waals surface area (Å²) in [5.41, 5.74) is 0. The SMILES string of the molecule is CCC(=O)C(C)N1C(=O)C2C3CCC(C3)C2C1=O. The number of likely N-dealkylation sites (tertiary alicyclic amines) is 1. The Morgan fingerprint density at radius 3 is 2.17 bits per heavy atom. The number of hydrogen-bond donors (Lipinski definition) is 0. The fraction of sp³-hybridized carbons (Fsp3) is 0.786. The van der Waals surface area contributed by atoms with Crippen molar-refractivity contribution in [2.24, 2.45) is 23.7 Å². The number of carbonyl (C=O) groups is 3. The second kappa shape index (κ2) is 3.90. The van der Waals surface area contributed by atoms with Crippen molar-refractivity contribution in [2.75, 3.05) is 0 Å². The van der Waals surface area contributed by atoms with Crippen LogP contribution in [0, 0.1) is 23.7 Å². The Hall–Kier alpha value is -1.19. The molecule has 4 heteroatoms. The van der Waals surface area contributed by atoms with Gasteiger partial charge in [-0.2, -0.15) is 0 Å². The van der Waals surface area contributed by atoms with Crippen LogP contribution in [0.5, 0.6) is 0 Å². The molecule has 3 aliphatic rings. The molecule has 0 radical (unpaired) electrons. The van der Waals surface area contributed by atoms with Crippen LogP contribution < -0.4 is 0 Å². The van der Waals surface area contributed by atoms with Gasteiger partial charge in [-0.15, -0.1) is 0 Å². The highest BCUT2D eigenvalue weighted by atomic mass is 16.2. The lowest BCUT2D eigenvalue weighted by molar-refractivity contribution is -0.147. The molecule has 0 N–H and O–H groups in total. The highest BCUT2D eigenvalue weighted by Gasteiger charge is 2.61. The van der Waals surface area contributed by atoms with Crippen molar-refractivity contribution in [3.05, 3.63) is 0 Å². The number of hydrogen-bond acceptors (Lipinski definition) is 3. The summed E-state index contributed by atoms with van der Waals surface area (Å²) in [6, 6.07) is -0.569. The van der Waals surface area contributed by atoms with E-state index in [9.17, 15) is 14.4 Å². The minimum Gasteiger partial charge on any atom is -0.297 e. The van der Waals surface area contributed by atoms with Crippen LogP contribution >= 0.6 is 0 Å². The van der Waals surface area contributed by atoms with E-state index in [1.165, 1.54) is 4.90 Å². The minimum atomic E-state index is -0.569. The fourth-order valence-corrected chi connectivity index (χ4v) is 4.25. The summed E-state index contributed by atoms with van der Waals surface area (Å²) in [5, 5.41) is 0. The van der Waals surface area contributed by atoms with Gasteiger partial charge >= 0.3 is 0 Å². The number of amides is 2. The van der Waals surface area contributed by atoms with Gasteiger partial charge in [0.1, 0.15) is 0 Å². The molecule has 5 unspecified atom stereocenters. The van der Waals surface area contributed by atoms with Crippen LogP contribution in [0.15, 0.2) is 0 Å². The van der Waals surface area contributed by atoms with Crippen LogP contribution in [-0.2, 0) is 14.4 Å². The van der Waals surface area contributed by atoms with Crippen LogP contribution in [0.3, 0.4) is 0 Å². The van der Waals surface area contributed by atoms with Gasteiger partial charge in [-0.05, 0) is 38.0 Å². The molecular formula is C14H19NO3. The van der Waals surface area contributed by atoms with Crippen molar-refractivity contribution in [1.29, 1.82) is 0 Å². The van der Waals surface area contributed by atoms with E-state index in [0.717, 1.165) is 19.3 Å². The maximum absolute atomic E-state index is 12.4. The topological polar surface area (TPSA) is 54.5 Å². The minimum absolute atomic E-state index is 0.0241. The number of nitrogens with zero attached hydrogens (tertiary/aromatic N) is 1. The van der Waals surface area contributed by atoms with E-state index in [1.807, 2.05) is 0 Å². The Balaban J connectivity index is 1.89. The van der Waals surface area contributed by atoms with Crippen LogP contribution in [0.25, 0.3) is 0 Å². The van der Waals surface area contributed by atoms with Crippen molar-refractivity contribution in [2.45, 2.75) is 45.6 Å². The molecular weight excluding hydrogens is 230 g/mol. The van der Waals surface area contributed by atoms with Crippen LogP contribution in [0.2, 0.25) is 0 Å². The number of ketones is 1. The molecule has 4 nitrogen and oxygen atoms in total. The molecule has 2 bridgehead atoms. The predicted octanol–water partition coefficient (Wildman–Crippen LogP) is 1.39. The van der Waals surface area contributed by atoms with Gasteiger partial charge in [0.05, 0.1) is 17.9 Å². The summed E-state index contributed by atoms with van der Waals surface area (Å²) in [6.45, 7) is 3.46. The van der Waals surface area contributed by atoms with Crippen molar-refractivity contribution < 1.29 is 14.4 Å². The third kappa shape index (κ3) is 1.35. The van der Waals surface area contributed by atoms with Gasteiger partial charge in [0.2, 0.25) is 11.8 Å². The summed E-state index contributed by atoms with van der Waals surface area (Å²) >= 11 is 0. The Kier molecular flexibility index (Phi) is 2.57. The van der Waals surface area contributed by atoms with E-state index in [-0.39, 0.29) is 29.4 Å². The highest BCUT2D eigenvalue weighted by Crippen LogP contribution is 2.56. The molecule has 3 rings (SSSR count). The average molecular weight is 249 g/mol. The van der Waals surface area contributed by atoms with Crippen molar-refractivity contribution >= 4 is 17.6 Å². The zero-order valence-electron chi connectivity index (χ0n) is 10.9. The summed E-state index contributed by atoms with van der Waals surface area (Å²) in [7, 11) is 0. The van der Waals surface area contributed by atoms with Crippen molar-refractivity contribution in [3.8, 4) is 0 Å². The third-order valence-corrected chi connectivity index (χ3v) is 5.16. The summed E-state index contributed by atoms with van der Waals surface area (Å²) in [6.07, 6.45) is 3.57. The van der Waals surface area contributed by atoms with Gasteiger partial charge in [0, 0.05) is 6.42 Å². The van der Waals surface area contributed by atoms with E-state index < -0.39 is 6.04 Å². The Morgan fingerprint density at radius 1 is 1.22 bits per heavy atom. The van der Waals surface area contributed by atoms with E-state index in [4.69, 9.17) is 0 Å². The molecule has 1 heterocycles. The number of fused-ring (bicyclic) bond motifs is 5. The molecule has 5 atom stereocenters. The zero-order chi connectivity index (χ0) is 13.0. The second-order valence-electron chi connectivity index (χ2n) is 5.93. The first-order valence-electron chi connectivity index (χ1n) is 6.95. The molecule has 18 heavy (non-hydrogen) atoms. The third-order valence-electron chi connectivity index (χ3n) is 5.16. The van der Waals surface area contributed by atoms with Crippen LogP contribution in [0.1, 0.15) is 39.5 Å². The summed E-state index contributed by atoms with van der Waals surface area (Å²) in [5.74, 6) is 0.393. The lowest BCUT2D eigenvalue weighted by Crippen LogP contribution is -2.44. The molecule has 2 amide bonds. The van der Waals surface area contributed by atoms with Crippen LogP contribution in [0.4, 0.5) is 0 Å². The number of rotatable bonds is 3. The normalized spacial score (nSPS) is 39.3. The molecule has 0 aromatic carbocycles. The quantitative estimate of drug-likeness (QED) is 0.710. The number of Topliss-reactive ketones (excluding diaryl/α,β-unsaturated/α-hetero) is 1. The van der Waals surface area contributed by atoms with E-state index >= 15 is 0 Å². The van der Waals surface area contributed by atoms with Gasteiger partial charge in [-0.1, -0.05) is 6.92 Å². The van der Waals surface area contributed by atoms with Gasteiger partial charge in [-0.3, -0.25) is 19.3 Å². The lowest BCUT2D eigenvalue weighted by Gasteiger charge is -2.23. The average Bonchev–Trinajstić information content (AvgIpc) is 3.02. The van der Waals surface area contributed by atoms with Crippen molar-refractivity contribution in [1.82, 2.24) is 4.90 Å². The van der Waals surface area contributed by atoms with E-state index in [2.05, 4.69) is 0 Å². The fourth-order valence-electron chi connectivity index (χ4n) is 4.25. The first-order chi connectivity index (χ1) is 8.56. The molecule has 2 aliphatic carbocycles. The van der Waals surface area contributed by atoms with E-state index in [0.29, 0.717) is 18.3 Å². The van der Waals surface area contributed by atoms with Crippen molar-refractivity contribution in [3.63, 3.8) is 0 Å². The predicted molar refractivity (Wildman–Crippen MR) is 64.4 cm³/mol. The molecule has 0 aromatic rings. The van der Waals surface area contributed by atoms with Gasteiger partial charge in [-0.25, -0.2) is 0 Å². The highest BCUT2D eigenvalue weighted by molar-refractivity contribution is 6.09. The summed E-state index contributed by atoms with van der Waals surface area (Å²) < 4.78 is 0. The van der Waals surface area contributed by atoms with Crippen LogP contribution in [-0.4, -0.2) is 28.5 Å². The molecule has 98 valence electrons. The molecule has 2 saturated carbocycles.